The zero-order valence-corrected chi connectivity index (χ0v) is 10.2. The van der Waals surface area contributed by atoms with Crippen molar-refractivity contribution in [1.29, 1.82) is 0 Å². The van der Waals surface area contributed by atoms with Crippen LogP contribution in [-0.2, 0) is 0 Å². The van der Waals surface area contributed by atoms with Crippen LogP contribution >= 0.6 is 0 Å². The molecule has 5 nitrogen and oxygen atoms in total. The van der Waals surface area contributed by atoms with Gasteiger partial charge in [0, 0.05) is 12.7 Å². The second-order valence-electron chi connectivity index (χ2n) is 4.61. The Balaban J connectivity index is 2.00. The average molecular weight is 236 g/mol. The van der Waals surface area contributed by atoms with Crippen LogP contribution in [0.3, 0.4) is 0 Å². The first-order valence-corrected chi connectivity index (χ1v) is 6.24. The van der Waals surface area contributed by atoms with Gasteiger partial charge in [-0.05, 0) is 31.7 Å². The summed E-state index contributed by atoms with van der Waals surface area (Å²) in [5, 5.41) is 15.9. The maximum Gasteiger partial charge on any atom is 0.224 e. The zero-order valence-electron chi connectivity index (χ0n) is 10.2. The van der Waals surface area contributed by atoms with E-state index in [9.17, 15) is 5.11 Å². The molecule has 1 aromatic heterocycles. The standard InChI is InChI=1S/C12H20N4O/c1-2-7-13-11-14-8-4-10(15-11)16-12(9-17)5-3-6-12/h4,8,17H,2-3,5-7,9H2,1H3,(H2,13,14,15,16). The largest absolute Gasteiger partial charge is 0.394 e. The summed E-state index contributed by atoms with van der Waals surface area (Å²) in [5.74, 6) is 1.43. The molecule has 5 heteroatoms. The van der Waals surface area contributed by atoms with Gasteiger partial charge in [-0.1, -0.05) is 6.92 Å². The number of aliphatic hydroxyl groups excluding tert-OH is 1. The molecule has 0 unspecified atom stereocenters. The van der Waals surface area contributed by atoms with Crippen LogP contribution in [0.4, 0.5) is 11.8 Å². The minimum atomic E-state index is -0.156. The number of rotatable bonds is 6. The maximum absolute atomic E-state index is 9.39. The number of aromatic nitrogens is 2. The van der Waals surface area contributed by atoms with Crippen LogP contribution < -0.4 is 10.6 Å². The predicted octanol–water partition coefficient (Wildman–Crippen LogP) is 1.63. The van der Waals surface area contributed by atoms with Gasteiger partial charge in [0.1, 0.15) is 5.82 Å². The van der Waals surface area contributed by atoms with E-state index < -0.39 is 0 Å². The van der Waals surface area contributed by atoms with E-state index >= 15 is 0 Å². The van der Waals surface area contributed by atoms with Crippen LogP contribution in [0.5, 0.6) is 0 Å². The smallest absolute Gasteiger partial charge is 0.224 e. The third-order valence-electron chi connectivity index (χ3n) is 3.20. The summed E-state index contributed by atoms with van der Waals surface area (Å²) < 4.78 is 0. The molecule has 1 aliphatic carbocycles. The first kappa shape index (κ1) is 12.1. The van der Waals surface area contributed by atoms with E-state index in [0.29, 0.717) is 5.95 Å². The molecule has 0 radical (unpaired) electrons. The topological polar surface area (TPSA) is 70.1 Å². The summed E-state index contributed by atoms with van der Waals surface area (Å²) in [4.78, 5) is 8.53. The van der Waals surface area contributed by atoms with Gasteiger partial charge in [-0.2, -0.15) is 4.98 Å². The van der Waals surface area contributed by atoms with Crippen LogP contribution in [0.1, 0.15) is 32.6 Å². The van der Waals surface area contributed by atoms with Crippen molar-refractivity contribution in [3.63, 3.8) is 0 Å². The first-order chi connectivity index (χ1) is 8.28. The first-order valence-electron chi connectivity index (χ1n) is 6.24. The normalized spacial score (nSPS) is 17.3. The fraction of sp³-hybridized carbons (Fsp3) is 0.667. The number of hydrogen-bond acceptors (Lipinski definition) is 5. The minimum absolute atomic E-state index is 0.156. The van der Waals surface area contributed by atoms with E-state index in [1.165, 1.54) is 6.42 Å². The molecule has 0 aromatic carbocycles. The molecule has 0 aliphatic heterocycles. The molecule has 1 heterocycles. The van der Waals surface area contributed by atoms with Crippen molar-refractivity contribution < 1.29 is 5.11 Å². The third kappa shape index (κ3) is 2.85. The van der Waals surface area contributed by atoms with Gasteiger partial charge in [-0.3, -0.25) is 0 Å². The van der Waals surface area contributed by atoms with Crippen LogP contribution in [0.2, 0.25) is 0 Å². The monoisotopic (exact) mass is 236 g/mol. The molecule has 1 saturated carbocycles. The number of aliphatic hydroxyl groups is 1. The molecule has 0 amide bonds. The lowest BCUT2D eigenvalue weighted by molar-refractivity contribution is 0.144. The Morgan fingerprint density at radius 1 is 1.47 bits per heavy atom. The summed E-state index contributed by atoms with van der Waals surface area (Å²) in [6.07, 6.45) is 5.95. The van der Waals surface area contributed by atoms with Gasteiger partial charge in [0.25, 0.3) is 0 Å². The van der Waals surface area contributed by atoms with Gasteiger partial charge in [0.05, 0.1) is 12.1 Å². The maximum atomic E-state index is 9.39. The van der Waals surface area contributed by atoms with Crippen molar-refractivity contribution in [3.05, 3.63) is 12.3 Å². The molecule has 2 rings (SSSR count). The molecular formula is C12H20N4O. The molecule has 94 valence electrons. The van der Waals surface area contributed by atoms with Crippen LogP contribution in [0.15, 0.2) is 12.3 Å². The highest BCUT2D eigenvalue weighted by Crippen LogP contribution is 2.34. The number of hydrogen-bond donors (Lipinski definition) is 3. The van der Waals surface area contributed by atoms with E-state index in [4.69, 9.17) is 0 Å². The molecule has 1 aliphatic rings. The van der Waals surface area contributed by atoms with Crippen molar-refractivity contribution >= 4 is 11.8 Å². The van der Waals surface area contributed by atoms with Crippen molar-refractivity contribution in [3.8, 4) is 0 Å². The molecule has 1 fully saturated rings. The lowest BCUT2D eigenvalue weighted by Crippen LogP contribution is -2.48. The van der Waals surface area contributed by atoms with E-state index in [-0.39, 0.29) is 12.1 Å². The molecule has 3 N–H and O–H groups in total. The SMILES string of the molecule is CCCNc1nccc(NC2(CO)CCC2)n1. The summed E-state index contributed by atoms with van der Waals surface area (Å²) in [6.45, 7) is 3.13. The molecule has 0 bridgehead atoms. The Morgan fingerprint density at radius 3 is 2.88 bits per heavy atom. The Labute approximate surface area is 102 Å². The highest BCUT2D eigenvalue weighted by molar-refractivity contribution is 5.42. The molecule has 0 atom stereocenters. The van der Waals surface area contributed by atoms with Crippen molar-refractivity contribution in [2.24, 2.45) is 0 Å². The summed E-state index contributed by atoms with van der Waals surface area (Å²) >= 11 is 0. The molecule has 0 spiro atoms. The summed E-state index contributed by atoms with van der Waals surface area (Å²) in [5.41, 5.74) is -0.156. The lowest BCUT2D eigenvalue weighted by Gasteiger charge is -2.41. The second-order valence-corrected chi connectivity index (χ2v) is 4.61. The third-order valence-corrected chi connectivity index (χ3v) is 3.20. The number of nitrogens with one attached hydrogen (secondary N) is 2. The lowest BCUT2D eigenvalue weighted by atomic mass is 9.77. The zero-order chi connectivity index (χ0) is 12.1. The van der Waals surface area contributed by atoms with Gasteiger partial charge in [0.15, 0.2) is 0 Å². The minimum Gasteiger partial charge on any atom is -0.394 e. The fourth-order valence-corrected chi connectivity index (χ4v) is 1.95. The van der Waals surface area contributed by atoms with E-state index in [0.717, 1.165) is 31.6 Å². The Kier molecular flexibility index (Phi) is 3.78. The van der Waals surface area contributed by atoms with Gasteiger partial charge in [-0.15, -0.1) is 0 Å². The van der Waals surface area contributed by atoms with Crippen LogP contribution in [-0.4, -0.2) is 33.8 Å². The van der Waals surface area contributed by atoms with Gasteiger partial charge < -0.3 is 15.7 Å². The van der Waals surface area contributed by atoms with Gasteiger partial charge in [-0.25, -0.2) is 4.98 Å². The van der Waals surface area contributed by atoms with Crippen molar-refractivity contribution in [2.75, 3.05) is 23.8 Å². The van der Waals surface area contributed by atoms with E-state index in [1.807, 2.05) is 6.07 Å². The van der Waals surface area contributed by atoms with Crippen molar-refractivity contribution in [2.45, 2.75) is 38.1 Å². The van der Waals surface area contributed by atoms with E-state index in [1.54, 1.807) is 6.20 Å². The van der Waals surface area contributed by atoms with Crippen LogP contribution in [0, 0.1) is 0 Å². The fourth-order valence-electron chi connectivity index (χ4n) is 1.95. The molecule has 0 saturated heterocycles. The highest BCUT2D eigenvalue weighted by Gasteiger charge is 2.36. The molecular weight excluding hydrogens is 216 g/mol. The highest BCUT2D eigenvalue weighted by atomic mass is 16.3. The quantitative estimate of drug-likeness (QED) is 0.700. The number of nitrogens with zero attached hydrogens (tertiary/aromatic N) is 2. The second kappa shape index (κ2) is 5.31. The van der Waals surface area contributed by atoms with E-state index in [2.05, 4.69) is 27.5 Å². The molecule has 1 aromatic rings. The average Bonchev–Trinajstić information content (AvgIpc) is 2.32. The van der Waals surface area contributed by atoms with Gasteiger partial charge >= 0.3 is 0 Å². The number of anilines is 2. The van der Waals surface area contributed by atoms with Gasteiger partial charge in [0.2, 0.25) is 5.95 Å². The molecule has 17 heavy (non-hydrogen) atoms. The summed E-state index contributed by atoms with van der Waals surface area (Å²) in [6, 6.07) is 1.84. The Morgan fingerprint density at radius 2 is 2.29 bits per heavy atom. The Hall–Kier alpha value is -1.36. The summed E-state index contributed by atoms with van der Waals surface area (Å²) in [7, 11) is 0. The van der Waals surface area contributed by atoms with Crippen LogP contribution in [0.25, 0.3) is 0 Å². The van der Waals surface area contributed by atoms with Crippen molar-refractivity contribution in [1.82, 2.24) is 9.97 Å². The predicted molar refractivity (Wildman–Crippen MR) is 68.1 cm³/mol. The Bertz CT molecular complexity index is 360.